The number of thioether (sulfide) groups is 1. The standard InChI is InChI=1S/C11H9N5OS2/c12-8-2-1-3-13-10(8)18-5-7-4-9(17)16-11(15-7)19-6-14-16/h1-4,6H,5,12H2. The van der Waals surface area contributed by atoms with Crippen LogP contribution in [0.5, 0.6) is 0 Å². The van der Waals surface area contributed by atoms with Crippen LogP contribution in [0.25, 0.3) is 4.96 Å². The third-order valence-electron chi connectivity index (χ3n) is 2.40. The van der Waals surface area contributed by atoms with Crippen LogP contribution in [0.2, 0.25) is 0 Å². The van der Waals surface area contributed by atoms with Gasteiger partial charge in [-0.05, 0) is 12.1 Å². The Bertz CT molecular complexity index is 782. The first-order valence-corrected chi connectivity index (χ1v) is 7.26. The van der Waals surface area contributed by atoms with E-state index in [0.717, 1.165) is 5.03 Å². The maximum absolute atomic E-state index is 11.8. The first kappa shape index (κ1) is 12.1. The Labute approximate surface area is 116 Å². The minimum atomic E-state index is -0.171. The number of nitrogens with two attached hydrogens (primary N) is 1. The molecule has 0 aliphatic heterocycles. The highest BCUT2D eigenvalue weighted by Crippen LogP contribution is 2.24. The van der Waals surface area contributed by atoms with E-state index in [1.165, 1.54) is 33.7 Å². The van der Waals surface area contributed by atoms with E-state index >= 15 is 0 Å². The lowest BCUT2D eigenvalue weighted by atomic mass is 10.4. The second-order valence-corrected chi connectivity index (χ2v) is 5.48. The maximum atomic E-state index is 11.8. The molecule has 3 rings (SSSR count). The fourth-order valence-electron chi connectivity index (χ4n) is 1.54. The van der Waals surface area contributed by atoms with Gasteiger partial charge in [-0.25, -0.2) is 9.97 Å². The van der Waals surface area contributed by atoms with E-state index in [1.54, 1.807) is 23.8 Å². The van der Waals surface area contributed by atoms with Crippen LogP contribution in [0.3, 0.4) is 0 Å². The van der Waals surface area contributed by atoms with E-state index < -0.39 is 0 Å². The molecule has 0 saturated carbocycles. The molecule has 0 saturated heterocycles. The van der Waals surface area contributed by atoms with Gasteiger partial charge in [-0.2, -0.15) is 9.61 Å². The van der Waals surface area contributed by atoms with Crippen molar-refractivity contribution in [2.24, 2.45) is 0 Å². The van der Waals surface area contributed by atoms with Gasteiger partial charge in [0.05, 0.1) is 11.4 Å². The summed E-state index contributed by atoms with van der Waals surface area (Å²) >= 11 is 2.79. The lowest BCUT2D eigenvalue weighted by molar-refractivity contribution is 0.888. The van der Waals surface area contributed by atoms with Gasteiger partial charge >= 0.3 is 0 Å². The van der Waals surface area contributed by atoms with Gasteiger partial charge < -0.3 is 5.73 Å². The van der Waals surface area contributed by atoms with Crippen molar-refractivity contribution >= 4 is 33.7 Å². The normalized spacial score (nSPS) is 10.9. The van der Waals surface area contributed by atoms with Gasteiger partial charge in [0.2, 0.25) is 4.96 Å². The van der Waals surface area contributed by atoms with Crippen LogP contribution in [-0.4, -0.2) is 19.6 Å². The van der Waals surface area contributed by atoms with E-state index in [9.17, 15) is 4.79 Å². The van der Waals surface area contributed by atoms with Gasteiger partial charge in [0.1, 0.15) is 10.5 Å². The molecule has 0 amide bonds. The van der Waals surface area contributed by atoms with Gasteiger partial charge in [-0.15, -0.1) is 0 Å². The third kappa shape index (κ3) is 2.45. The summed E-state index contributed by atoms with van der Waals surface area (Å²) in [7, 11) is 0. The van der Waals surface area contributed by atoms with Crippen molar-refractivity contribution in [3.05, 3.63) is 46.0 Å². The molecule has 0 aliphatic carbocycles. The summed E-state index contributed by atoms with van der Waals surface area (Å²) in [5, 5.41) is 4.66. The van der Waals surface area contributed by atoms with Crippen LogP contribution in [-0.2, 0) is 5.75 Å². The summed E-state index contributed by atoms with van der Waals surface area (Å²) in [5.41, 5.74) is 8.56. The molecule has 0 radical (unpaired) electrons. The third-order valence-corrected chi connectivity index (χ3v) is 4.13. The smallest absolute Gasteiger partial charge is 0.275 e. The predicted molar refractivity (Wildman–Crippen MR) is 75.3 cm³/mol. The van der Waals surface area contributed by atoms with E-state index in [-0.39, 0.29) is 5.56 Å². The zero-order valence-electron chi connectivity index (χ0n) is 9.68. The minimum absolute atomic E-state index is 0.171. The number of aromatic nitrogens is 4. The molecule has 3 aromatic rings. The van der Waals surface area contributed by atoms with Gasteiger partial charge in [0.15, 0.2) is 0 Å². The zero-order chi connectivity index (χ0) is 13.2. The molecule has 0 spiro atoms. The molecule has 19 heavy (non-hydrogen) atoms. The van der Waals surface area contributed by atoms with E-state index in [0.29, 0.717) is 22.1 Å². The number of nitrogen functional groups attached to an aromatic ring is 1. The van der Waals surface area contributed by atoms with Crippen LogP contribution < -0.4 is 11.3 Å². The van der Waals surface area contributed by atoms with E-state index in [2.05, 4.69) is 15.1 Å². The largest absolute Gasteiger partial charge is 0.397 e. The van der Waals surface area contributed by atoms with Gasteiger partial charge in [0.25, 0.3) is 5.56 Å². The number of nitrogens with zero attached hydrogens (tertiary/aromatic N) is 4. The van der Waals surface area contributed by atoms with Crippen molar-refractivity contribution in [1.82, 2.24) is 19.6 Å². The van der Waals surface area contributed by atoms with Crippen molar-refractivity contribution in [2.45, 2.75) is 10.8 Å². The summed E-state index contributed by atoms with van der Waals surface area (Å²) in [5.74, 6) is 0.546. The molecular formula is C11H9N5OS2. The predicted octanol–water partition coefficient (Wildman–Crippen LogP) is 1.42. The summed E-state index contributed by atoms with van der Waals surface area (Å²) in [4.78, 5) is 20.9. The van der Waals surface area contributed by atoms with Crippen LogP contribution >= 0.6 is 23.1 Å². The Hall–Kier alpha value is -1.93. The molecule has 3 heterocycles. The lowest BCUT2D eigenvalue weighted by Gasteiger charge is -2.03. The van der Waals surface area contributed by atoms with E-state index in [4.69, 9.17) is 5.73 Å². The number of fused-ring (bicyclic) bond motifs is 1. The quantitative estimate of drug-likeness (QED) is 0.734. The molecule has 0 aromatic carbocycles. The number of pyridine rings is 1. The number of hydrogen-bond acceptors (Lipinski definition) is 7. The molecule has 0 atom stereocenters. The van der Waals surface area contributed by atoms with Crippen molar-refractivity contribution in [2.75, 3.05) is 5.73 Å². The molecule has 0 bridgehead atoms. The van der Waals surface area contributed by atoms with Gasteiger partial charge in [0, 0.05) is 18.0 Å². The SMILES string of the molecule is Nc1cccnc1SCc1cc(=O)n2ncsc2n1. The Morgan fingerprint density at radius 3 is 3.21 bits per heavy atom. The number of anilines is 1. The first-order valence-electron chi connectivity index (χ1n) is 5.40. The van der Waals surface area contributed by atoms with Crippen LogP contribution in [0.4, 0.5) is 5.69 Å². The highest BCUT2D eigenvalue weighted by molar-refractivity contribution is 7.98. The van der Waals surface area contributed by atoms with Crippen molar-refractivity contribution in [3.63, 3.8) is 0 Å². The molecule has 8 heteroatoms. The highest BCUT2D eigenvalue weighted by Gasteiger charge is 2.06. The Kier molecular flexibility index (Phi) is 3.18. The molecule has 0 fully saturated rings. The summed E-state index contributed by atoms with van der Waals surface area (Å²) in [6.45, 7) is 0. The molecule has 6 nitrogen and oxygen atoms in total. The minimum Gasteiger partial charge on any atom is -0.397 e. The van der Waals surface area contributed by atoms with E-state index in [1.807, 2.05) is 0 Å². The molecule has 0 aliphatic rings. The topological polar surface area (TPSA) is 86.2 Å². The van der Waals surface area contributed by atoms with Gasteiger partial charge in [-0.1, -0.05) is 23.1 Å². The van der Waals surface area contributed by atoms with Crippen LogP contribution in [0, 0.1) is 0 Å². The number of rotatable bonds is 3. The van der Waals surface area contributed by atoms with Crippen molar-refractivity contribution in [3.8, 4) is 0 Å². The average molecular weight is 291 g/mol. The second kappa shape index (κ2) is 4.98. The Morgan fingerprint density at radius 2 is 2.37 bits per heavy atom. The highest BCUT2D eigenvalue weighted by atomic mass is 32.2. The average Bonchev–Trinajstić information content (AvgIpc) is 2.87. The van der Waals surface area contributed by atoms with Crippen LogP contribution in [0.15, 0.2) is 39.7 Å². The summed E-state index contributed by atoms with van der Waals surface area (Å²) < 4.78 is 1.29. The molecule has 2 N–H and O–H groups in total. The lowest BCUT2D eigenvalue weighted by Crippen LogP contribution is -2.14. The molecule has 0 unspecified atom stereocenters. The maximum Gasteiger partial charge on any atom is 0.275 e. The Morgan fingerprint density at radius 1 is 1.47 bits per heavy atom. The molecule has 3 aromatic heterocycles. The van der Waals surface area contributed by atoms with Gasteiger partial charge in [-0.3, -0.25) is 4.79 Å². The summed E-state index contributed by atoms with van der Waals surface area (Å²) in [6, 6.07) is 5.07. The second-order valence-electron chi connectivity index (χ2n) is 3.71. The Balaban J connectivity index is 1.86. The summed E-state index contributed by atoms with van der Waals surface area (Å²) in [6.07, 6.45) is 1.69. The fourth-order valence-corrected chi connectivity index (χ4v) is 2.99. The monoisotopic (exact) mass is 291 g/mol. The number of hydrogen-bond donors (Lipinski definition) is 1. The van der Waals surface area contributed by atoms with Crippen LogP contribution in [0.1, 0.15) is 5.69 Å². The fraction of sp³-hybridized carbons (Fsp3) is 0.0909. The van der Waals surface area contributed by atoms with Crippen molar-refractivity contribution < 1.29 is 0 Å². The first-order chi connectivity index (χ1) is 9.24. The molecule has 96 valence electrons. The zero-order valence-corrected chi connectivity index (χ0v) is 11.3. The molecular weight excluding hydrogens is 282 g/mol. The van der Waals surface area contributed by atoms with Crippen molar-refractivity contribution in [1.29, 1.82) is 0 Å².